The minimum atomic E-state index is 0. The van der Waals surface area contributed by atoms with Gasteiger partial charge in [-0.15, -0.1) is 23.7 Å². The van der Waals surface area contributed by atoms with Crippen LogP contribution in [0.15, 0.2) is 0 Å². The minimum absolute atomic E-state index is 0. The predicted octanol–water partition coefficient (Wildman–Crippen LogP) is 3.36. The van der Waals surface area contributed by atoms with Gasteiger partial charge in [-0.3, -0.25) is 4.79 Å². The molecule has 0 aromatic carbocycles. The standard InChI is InChI=1S/C15H22N2OS.ClH/c1-14(2,3)13-17-12-10(18)8-15(9-11(12)19-13)4-6-16-7-5-15;/h16H,4-9H2,1-3H3;1H. The van der Waals surface area contributed by atoms with Crippen molar-refractivity contribution in [3.05, 3.63) is 15.6 Å². The molecule has 0 atom stereocenters. The first-order valence-electron chi connectivity index (χ1n) is 7.14. The van der Waals surface area contributed by atoms with Crippen LogP contribution in [0.2, 0.25) is 0 Å². The molecule has 1 N–H and O–H groups in total. The Labute approximate surface area is 131 Å². The molecule has 0 unspecified atom stereocenters. The lowest BCUT2D eigenvalue weighted by atomic mass is 9.69. The van der Waals surface area contributed by atoms with Crippen molar-refractivity contribution in [1.82, 2.24) is 10.3 Å². The fraction of sp³-hybridized carbons (Fsp3) is 0.733. The molecule has 1 fully saturated rings. The van der Waals surface area contributed by atoms with Crippen molar-refractivity contribution >= 4 is 29.5 Å². The van der Waals surface area contributed by atoms with E-state index in [0.29, 0.717) is 6.42 Å². The van der Waals surface area contributed by atoms with Crippen molar-refractivity contribution in [3.8, 4) is 0 Å². The van der Waals surface area contributed by atoms with Crippen LogP contribution < -0.4 is 5.32 Å². The van der Waals surface area contributed by atoms with E-state index in [9.17, 15) is 4.79 Å². The monoisotopic (exact) mass is 314 g/mol. The van der Waals surface area contributed by atoms with Gasteiger partial charge in [0.2, 0.25) is 0 Å². The van der Waals surface area contributed by atoms with E-state index in [0.717, 1.165) is 43.1 Å². The van der Waals surface area contributed by atoms with Crippen molar-refractivity contribution in [2.24, 2.45) is 5.41 Å². The smallest absolute Gasteiger partial charge is 0.182 e. The molecular formula is C15H23ClN2OS. The SMILES string of the molecule is CC(C)(C)c1nc2c(s1)CC1(CCNCC1)CC2=O.Cl. The molecule has 1 aliphatic heterocycles. The third-order valence-corrected chi connectivity index (χ3v) is 5.82. The van der Waals surface area contributed by atoms with E-state index < -0.39 is 0 Å². The van der Waals surface area contributed by atoms with Crippen LogP contribution in [0.3, 0.4) is 0 Å². The number of halogens is 1. The van der Waals surface area contributed by atoms with Crippen molar-refractivity contribution in [3.63, 3.8) is 0 Å². The van der Waals surface area contributed by atoms with E-state index in [4.69, 9.17) is 0 Å². The lowest BCUT2D eigenvalue weighted by molar-refractivity contribution is 0.0833. The lowest BCUT2D eigenvalue weighted by Gasteiger charge is -2.39. The Balaban J connectivity index is 0.00000147. The largest absolute Gasteiger partial charge is 0.317 e. The summed E-state index contributed by atoms with van der Waals surface area (Å²) in [6.07, 6.45) is 4.01. The van der Waals surface area contributed by atoms with Crippen molar-refractivity contribution in [2.75, 3.05) is 13.1 Å². The summed E-state index contributed by atoms with van der Waals surface area (Å²) >= 11 is 1.76. The van der Waals surface area contributed by atoms with E-state index in [-0.39, 0.29) is 29.0 Å². The molecule has 20 heavy (non-hydrogen) atoms. The highest BCUT2D eigenvalue weighted by molar-refractivity contribution is 7.12. The summed E-state index contributed by atoms with van der Waals surface area (Å²) in [7, 11) is 0. The number of nitrogens with one attached hydrogen (secondary N) is 1. The second-order valence-electron chi connectivity index (χ2n) is 7.07. The molecule has 3 rings (SSSR count). The zero-order chi connectivity index (χ0) is 13.7. The molecule has 1 saturated heterocycles. The summed E-state index contributed by atoms with van der Waals surface area (Å²) < 4.78 is 0. The number of Topliss-reactive ketones (excluding diaryl/α,β-unsaturated/α-hetero) is 1. The Kier molecular flexibility index (Phi) is 4.30. The Morgan fingerprint density at radius 2 is 1.85 bits per heavy atom. The fourth-order valence-corrected chi connectivity index (χ4v) is 4.46. The predicted molar refractivity (Wildman–Crippen MR) is 85.3 cm³/mol. The highest BCUT2D eigenvalue weighted by Crippen LogP contribution is 2.44. The van der Waals surface area contributed by atoms with Crippen LogP contribution >= 0.6 is 23.7 Å². The number of nitrogens with zero attached hydrogens (tertiary/aromatic N) is 1. The van der Waals surface area contributed by atoms with Crippen molar-refractivity contribution in [1.29, 1.82) is 0 Å². The van der Waals surface area contributed by atoms with Gasteiger partial charge >= 0.3 is 0 Å². The van der Waals surface area contributed by atoms with E-state index in [2.05, 4.69) is 31.1 Å². The lowest BCUT2D eigenvalue weighted by Crippen LogP contribution is -2.41. The molecule has 1 aliphatic carbocycles. The molecule has 2 heterocycles. The van der Waals surface area contributed by atoms with Gasteiger partial charge in [-0.2, -0.15) is 0 Å². The maximum Gasteiger partial charge on any atom is 0.182 e. The van der Waals surface area contributed by atoms with Crippen LogP contribution in [0.25, 0.3) is 0 Å². The number of thiazole rings is 1. The highest BCUT2D eigenvalue weighted by Gasteiger charge is 2.41. The number of piperidine rings is 1. The summed E-state index contributed by atoms with van der Waals surface area (Å²) in [5, 5.41) is 4.51. The highest BCUT2D eigenvalue weighted by atomic mass is 35.5. The molecule has 0 bridgehead atoms. The number of fused-ring (bicyclic) bond motifs is 1. The number of rotatable bonds is 0. The Bertz CT molecular complexity index is 512. The zero-order valence-electron chi connectivity index (χ0n) is 12.4. The first kappa shape index (κ1) is 15.9. The Morgan fingerprint density at radius 3 is 2.45 bits per heavy atom. The van der Waals surface area contributed by atoms with Gasteiger partial charge in [0.1, 0.15) is 5.69 Å². The summed E-state index contributed by atoms with van der Waals surface area (Å²) in [5.41, 5.74) is 1.04. The number of hydrogen-bond donors (Lipinski definition) is 1. The quantitative estimate of drug-likeness (QED) is 0.798. The van der Waals surface area contributed by atoms with Gasteiger partial charge < -0.3 is 5.32 Å². The minimum Gasteiger partial charge on any atom is -0.317 e. The molecule has 0 amide bonds. The zero-order valence-corrected chi connectivity index (χ0v) is 14.0. The number of hydrogen-bond acceptors (Lipinski definition) is 4. The van der Waals surface area contributed by atoms with Crippen molar-refractivity contribution in [2.45, 2.75) is 51.9 Å². The maximum absolute atomic E-state index is 12.4. The normalized spacial score (nSPS) is 21.4. The summed E-state index contributed by atoms with van der Waals surface area (Å²) in [4.78, 5) is 18.3. The second-order valence-corrected chi connectivity index (χ2v) is 8.15. The molecule has 0 radical (unpaired) electrons. The van der Waals surface area contributed by atoms with Gasteiger partial charge in [0.25, 0.3) is 0 Å². The summed E-state index contributed by atoms with van der Waals surface area (Å²) in [6, 6.07) is 0. The van der Waals surface area contributed by atoms with Crippen LogP contribution in [0.5, 0.6) is 0 Å². The van der Waals surface area contributed by atoms with Gasteiger partial charge in [-0.1, -0.05) is 20.8 Å². The number of aromatic nitrogens is 1. The van der Waals surface area contributed by atoms with E-state index in [1.807, 2.05) is 0 Å². The van der Waals surface area contributed by atoms with Crippen LogP contribution in [-0.4, -0.2) is 23.9 Å². The molecule has 1 aromatic rings. The van der Waals surface area contributed by atoms with Crippen molar-refractivity contribution < 1.29 is 4.79 Å². The third kappa shape index (κ3) is 2.78. The average Bonchev–Trinajstić information content (AvgIpc) is 2.73. The van der Waals surface area contributed by atoms with Gasteiger partial charge in [-0.05, 0) is 37.8 Å². The Hall–Kier alpha value is -0.450. The Morgan fingerprint density at radius 1 is 1.20 bits per heavy atom. The molecule has 112 valence electrons. The van der Waals surface area contributed by atoms with Crippen LogP contribution in [-0.2, 0) is 11.8 Å². The van der Waals surface area contributed by atoms with Gasteiger partial charge in [-0.25, -0.2) is 4.98 Å². The molecule has 0 saturated carbocycles. The maximum atomic E-state index is 12.4. The molecule has 1 aromatic heterocycles. The van der Waals surface area contributed by atoms with E-state index >= 15 is 0 Å². The number of carbonyl (C=O) groups excluding carboxylic acids is 1. The van der Waals surface area contributed by atoms with Gasteiger partial charge in [0, 0.05) is 16.7 Å². The first-order valence-corrected chi connectivity index (χ1v) is 7.95. The van der Waals surface area contributed by atoms with E-state index in [1.165, 1.54) is 4.88 Å². The summed E-state index contributed by atoms with van der Waals surface area (Å²) in [6.45, 7) is 8.60. The van der Waals surface area contributed by atoms with Crippen LogP contribution in [0.4, 0.5) is 0 Å². The number of ketones is 1. The molecular weight excluding hydrogens is 292 g/mol. The van der Waals surface area contributed by atoms with E-state index in [1.54, 1.807) is 11.3 Å². The average molecular weight is 315 g/mol. The second kappa shape index (κ2) is 5.39. The molecule has 5 heteroatoms. The summed E-state index contributed by atoms with van der Waals surface area (Å²) in [5.74, 6) is 0.273. The van der Waals surface area contributed by atoms with Crippen LogP contribution in [0.1, 0.15) is 60.4 Å². The fourth-order valence-electron chi connectivity index (χ4n) is 3.15. The third-order valence-electron chi connectivity index (χ3n) is 4.34. The number of carbonyl (C=O) groups is 1. The van der Waals surface area contributed by atoms with Crippen LogP contribution in [0, 0.1) is 5.41 Å². The molecule has 2 aliphatic rings. The topological polar surface area (TPSA) is 42.0 Å². The van der Waals surface area contributed by atoms with Gasteiger partial charge in [0.05, 0.1) is 5.01 Å². The first-order chi connectivity index (χ1) is 8.90. The molecule has 1 spiro atoms. The molecule has 3 nitrogen and oxygen atoms in total. The van der Waals surface area contributed by atoms with Gasteiger partial charge in [0.15, 0.2) is 5.78 Å².